The topological polar surface area (TPSA) is 46.5 Å². The van der Waals surface area contributed by atoms with Gasteiger partial charge >= 0.3 is 5.97 Å². The van der Waals surface area contributed by atoms with Crippen LogP contribution < -0.4 is 0 Å². The Balaban J connectivity index is 2.05. The lowest BCUT2D eigenvalue weighted by Gasteiger charge is -2.18. The van der Waals surface area contributed by atoms with Gasteiger partial charge in [0.1, 0.15) is 6.61 Å². The van der Waals surface area contributed by atoms with Crippen molar-refractivity contribution >= 4 is 16.7 Å². The summed E-state index contributed by atoms with van der Waals surface area (Å²) >= 11 is 0. The third-order valence-corrected chi connectivity index (χ3v) is 3.63. The van der Waals surface area contributed by atoms with Crippen LogP contribution in [-0.2, 0) is 9.53 Å². The molecule has 1 saturated heterocycles. The highest BCUT2D eigenvalue weighted by molar-refractivity contribution is 5.91. The minimum absolute atomic E-state index is 0.196. The Morgan fingerprint density at radius 3 is 2.68 bits per heavy atom. The van der Waals surface area contributed by atoms with Crippen molar-refractivity contribution in [2.75, 3.05) is 6.61 Å². The molecule has 2 atom stereocenters. The Hall–Kier alpha value is -2.13. The van der Waals surface area contributed by atoms with Crippen molar-refractivity contribution in [3.63, 3.8) is 0 Å². The van der Waals surface area contributed by atoms with Crippen molar-refractivity contribution in [1.29, 1.82) is 0 Å². The molecule has 1 fully saturated rings. The number of hydrogen-bond acceptors (Lipinski definition) is 3. The fourth-order valence-electron chi connectivity index (χ4n) is 2.52. The number of carbonyl (C=O) groups excluding carboxylic acids is 1. The number of carbonyl (C=O) groups is 1. The zero-order valence-electron chi connectivity index (χ0n) is 10.4. The van der Waals surface area contributed by atoms with Crippen LogP contribution in [0.2, 0.25) is 0 Å². The van der Waals surface area contributed by atoms with Gasteiger partial charge in [0.15, 0.2) is 0 Å². The van der Waals surface area contributed by atoms with E-state index in [0.29, 0.717) is 5.57 Å². The van der Waals surface area contributed by atoms with Gasteiger partial charge in [0.2, 0.25) is 0 Å². The van der Waals surface area contributed by atoms with Crippen molar-refractivity contribution in [3.8, 4) is 0 Å². The van der Waals surface area contributed by atoms with E-state index in [-0.39, 0.29) is 12.5 Å². The van der Waals surface area contributed by atoms with Crippen LogP contribution in [0, 0.1) is 5.92 Å². The van der Waals surface area contributed by atoms with Crippen LogP contribution in [0.15, 0.2) is 54.6 Å². The Morgan fingerprint density at radius 1 is 1.21 bits per heavy atom. The molecule has 2 aromatic rings. The van der Waals surface area contributed by atoms with Crippen LogP contribution in [0.5, 0.6) is 0 Å². The van der Waals surface area contributed by atoms with Gasteiger partial charge in [0.05, 0.1) is 12.0 Å². The maximum atomic E-state index is 11.4. The number of benzene rings is 2. The largest absolute Gasteiger partial charge is 0.462 e. The third-order valence-electron chi connectivity index (χ3n) is 3.63. The molecule has 96 valence electrons. The minimum atomic E-state index is -0.773. The summed E-state index contributed by atoms with van der Waals surface area (Å²) < 4.78 is 4.93. The van der Waals surface area contributed by atoms with Gasteiger partial charge in [0.25, 0.3) is 0 Å². The predicted octanol–water partition coefficient (Wildman–Crippen LogP) is 2.60. The van der Waals surface area contributed by atoms with Crippen molar-refractivity contribution in [1.82, 2.24) is 0 Å². The van der Waals surface area contributed by atoms with Crippen LogP contribution in [0.3, 0.4) is 0 Å². The Kier molecular flexibility index (Phi) is 2.84. The first-order valence-electron chi connectivity index (χ1n) is 6.20. The van der Waals surface area contributed by atoms with E-state index in [1.165, 1.54) is 0 Å². The second-order valence-electron chi connectivity index (χ2n) is 4.74. The highest BCUT2D eigenvalue weighted by atomic mass is 16.5. The lowest BCUT2D eigenvalue weighted by atomic mass is 9.89. The van der Waals surface area contributed by atoms with E-state index in [1.807, 2.05) is 42.5 Å². The molecule has 0 amide bonds. The molecule has 0 saturated carbocycles. The van der Waals surface area contributed by atoms with Crippen molar-refractivity contribution < 1.29 is 14.6 Å². The molecule has 0 radical (unpaired) electrons. The number of aliphatic hydroxyl groups is 1. The van der Waals surface area contributed by atoms with Gasteiger partial charge in [0, 0.05) is 5.57 Å². The van der Waals surface area contributed by atoms with Gasteiger partial charge in [-0.15, -0.1) is 0 Å². The molecule has 3 heteroatoms. The quantitative estimate of drug-likeness (QED) is 0.662. The maximum absolute atomic E-state index is 11.4. The zero-order chi connectivity index (χ0) is 13.4. The number of hydrogen-bond donors (Lipinski definition) is 1. The lowest BCUT2D eigenvalue weighted by Crippen LogP contribution is -2.14. The van der Waals surface area contributed by atoms with Gasteiger partial charge in [-0.3, -0.25) is 0 Å². The SMILES string of the molecule is C=C1C(=O)OC[C@@H]1[C@H](O)c1cccc2ccccc12. The highest BCUT2D eigenvalue weighted by Crippen LogP contribution is 2.35. The average molecular weight is 254 g/mol. The van der Waals surface area contributed by atoms with Crippen molar-refractivity contribution in [2.45, 2.75) is 6.10 Å². The van der Waals surface area contributed by atoms with Gasteiger partial charge in [-0.25, -0.2) is 4.79 Å². The van der Waals surface area contributed by atoms with Crippen LogP contribution in [0.1, 0.15) is 11.7 Å². The van der Waals surface area contributed by atoms with E-state index in [0.717, 1.165) is 16.3 Å². The molecular weight excluding hydrogens is 240 g/mol. The highest BCUT2D eigenvalue weighted by Gasteiger charge is 2.35. The molecule has 0 unspecified atom stereocenters. The normalized spacial score (nSPS) is 20.6. The molecule has 3 rings (SSSR count). The van der Waals surface area contributed by atoms with Gasteiger partial charge in [-0.05, 0) is 16.3 Å². The third kappa shape index (κ3) is 1.92. The van der Waals surface area contributed by atoms with Crippen LogP contribution >= 0.6 is 0 Å². The maximum Gasteiger partial charge on any atom is 0.333 e. The van der Waals surface area contributed by atoms with E-state index in [9.17, 15) is 9.90 Å². The molecular formula is C16H14O3. The Bertz CT molecular complexity index is 655. The predicted molar refractivity (Wildman–Crippen MR) is 72.5 cm³/mol. The first-order valence-corrected chi connectivity index (χ1v) is 6.20. The first-order chi connectivity index (χ1) is 9.18. The summed E-state index contributed by atoms with van der Waals surface area (Å²) in [6.45, 7) is 3.91. The second-order valence-corrected chi connectivity index (χ2v) is 4.74. The summed E-state index contributed by atoms with van der Waals surface area (Å²) in [6.07, 6.45) is -0.773. The first kappa shape index (κ1) is 11.9. The summed E-state index contributed by atoms with van der Waals surface area (Å²) in [6, 6.07) is 13.6. The molecule has 0 spiro atoms. The molecule has 2 aromatic carbocycles. The Morgan fingerprint density at radius 2 is 1.95 bits per heavy atom. The summed E-state index contributed by atoms with van der Waals surface area (Å²) in [5, 5.41) is 12.6. The van der Waals surface area contributed by atoms with Crippen LogP contribution in [0.25, 0.3) is 10.8 Å². The number of fused-ring (bicyclic) bond motifs is 1. The van der Waals surface area contributed by atoms with E-state index in [1.54, 1.807) is 0 Å². The van der Waals surface area contributed by atoms with Crippen molar-refractivity contribution in [3.05, 3.63) is 60.2 Å². The minimum Gasteiger partial charge on any atom is -0.462 e. The van der Waals surface area contributed by atoms with E-state index >= 15 is 0 Å². The number of ether oxygens (including phenoxy) is 1. The van der Waals surface area contributed by atoms with Crippen LogP contribution in [0.4, 0.5) is 0 Å². The summed E-state index contributed by atoms with van der Waals surface area (Å²) in [5.41, 5.74) is 1.16. The Labute approximate surface area is 111 Å². The molecule has 0 aliphatic carbocycles. The molecule has 1 aliphatic heterocycles. The van der Waals surface area contributed by atoms with Gasteiger partial charge in [-0.1, -0.05) is 49.0 Å². The summed E-state index contributed by atoms with van der Waals surface area (Å²) in [7, 11) is 0. The molecule has 1 N–H and O–H groups in total. The van der Waals surface area contributed by atoms with Gasteiger partial charge in [-0.2, -0.15) is 0 Å². The molecule has 0 bridgehead atoms. The van der Waals surface area contributed by atoms with E-state index < -0.39 is 12.1 Å². The van der Waals surface area contributed by atoms with Crippen molar-refractivity contribution in [2.24, 2.45) is 5.92 Å². The molecule has 0 aromatic heterocycles. The number of rotatable bonds is 2. The lowest BCUT2D eigenvalue weighted by molar-refractivity contribution is -0.135. The number of cyclic esters (lactones) is 1. The number of aliphatic hydroxyl groups excluding tert-OH is 1. The molecule has 3 nitrogen and oxygen atoms in total. The molecule has 1 aliphatic rings. The summed E-state index contributed by atoms with van der Waals surface area (Å²) in [5.74, 6) is -0.775. The van der Waals surface area contributed by atoms with Crippen LogP contribution in [-0.4, -0.2) is 17.7 Å². The monoisotopic (exact) mass is 254 g/mol. The standard InChI is InChI=1S/C16H14O3/c1-10-14(9-19-16(10)18)15(17)13-8-4-6-11-5-2-3-7-12(11)13/h2-8,14-15,17H,1,9H2/t14-,15+/m0/s1. The summed E-state index contributed by atoms with van der Waals surface area (Å²) in [4.78, 5) is 11.4. The number of esters is 1. The molecule has 19 heavy (non-hydrogen) atoms. The second kappa shape index (κ2) is 4.52. The zero-order valence-corrected chi connectivity index (χ0v) is 10.4. The van der Waals surface area contributed by atoms with E-state index in [4.69, 9.17) is 4.74 Å². The van der Waals surface area contributed by atoms with Gasteiger partial charge < -0.3 is 9.84 Å². The average Bonchev–Trinajstić information content (AvgIpc) is 2.78. The fourth-order valence-corrected chi connectivity index (χ4v) is 2.52. The smallest absolute Gasteiger partial charge is 0.333 e. The molecule has 1 heterocycles. The van der Waals surface area contributed by atoms with E-state index in [2.05, 4.69) is 6.58 Å². The fraction of sp³-hybridized carbons (Fsp3) is 0.188.